The zero-order valence-electron chi connectivity index (χ0n) is 9.95. The second-order valence-electron chi connectivity index (χ2n) is 4.42. The Morgan fingerprint density at radius 1 is 1.27 bits per heavy atom. The van der Waals surface area contributed by atoms with Crippen molar-refractivity contribution in [2.24, 2.45) is 5.92 Å². The quantitative estimate of drug-likeness (QED) is 0.824. The molecule has 1 aromatic carbocycles. The van der Waals surface area contributed by atoms with Crippen molar-refractivity contribution in [2.75, 3.05) is 6.61 Å². The summed E-state index contributed by atoms with van der Waals surface area (Å²) in [6.07, 6.45) is -0.480. The van der Waals surface area contributed by atoms with Crippen LogP contribution in [0.4, 0.5) is 0 Å². The van der Waals surface area contributed by atoms with E-state index in [9.17, 15) is 5.11 Å². The van der Waals surface area contributed by atoms with Crippen molar-refractivity contribution in [2.45, 2.75) is 33.8 Å². The van der Waals surface area contributed by atoms with Crippen LogP contribution in [-0.4, -0.2) is 11.7 Å². The van der Waals surface area contributed by atoms with Crippen molar-refractivity contribution in [3.8, 4) is 5.75 Å². The molecule has 1 atom stereocenters. The van der Waals surface area contributed by atoms with Gasteiger partial charge in [-0.25, -0.2) is 0 Å². The van der Waals surface area contributed by atoms with Crippen molar-refractivity contribution in [1.82, 2.24) is 0 Å². The summed E-state index contributed by atoms with van der Waals surface area (Å²) in [5, 5.41) is 9.61. The molecule has 0 bridgehead atoms. The van der Waals surface area contributed by atoms with E-state index in [2.05, 4.69) is 13.8 Å². The Hall–Kier alpha value is -1.02. The molecule has 0 spiro atoms. The van der Waals surface area contributed by atoms with Gasteiger partial charge in [0.05, 0.1) is 12.7 Å². The number of aliphatic hydroxyl groups is 1. The maximum absolute atomic E-state index is 9.61. The van der Waals surface area contributed by atoms with Crippen LogP contribution in [-0.2, 0) is 0 Å². The third kappa shape index (κ3) is 3.56. The average molecular weight is 208 g/mol. The zero-order chi connectivity index (χ0) is 11.4. The van der Waals surface area contributed by atoms with Crippen LogP contribution >= 0.6 is 0 Å². The summed E-state index contributed by atoms with van der Waals surface area (Å²) in [6, 6.07) is 5.90. The molecule has 84 valence electrons. The summed E-state index contributed by atoms with van der Waals surface area (Å²) in [5.74, 6) is 1.29. The number of rotatable bonds is 4. The van der Waals surface area contributed by atoms with E-state index in [0.717, 1.165) is 16.9 Å². The number of benzene rings is 1. The fraction of sp³-hybridized carbons (Fsp3) is 0.538. The summed E-state index contributed by atoms with van der Waals surface area (Å²) in [6.45, 7) is 8.67. The van der Waals surface area contributed by atoms with E-state index < -0.39 is 6.10 Å². The second-order valence-corrected chi connectivity index (χ2v) is 4.42. The van der Waals surface area contributed by atoms with E-state index in [-0.39, 0.29) is 0 Å². The highest BCUT2D eigenvalue weighted by molar-refractivity contribution is 5.38. The molecule has 1 N–H and O–H groups in total. The minimum absolute atomic E-state index is 0.480. The molecule has 1 rings (SSSR count). The number of hydrogen-bond acceptors (Lipinski definition) is 2. The maximum atomic E-state index is 9.61. The Morgan fingerprint density at radius 2 is 1.93 bits per heavy atom. The molecule has 0 aliphatic heterocycles. The van der Waals surface area contributed by atoms with Gasteiger partial charge in [-0.05, 0) is 31.9 Å². The molecule has 0 aliphatic carbocycles. The average Bonchev–Trinajstić information content (AvgIpc) is 2.15. The molecular weight excluding hydrogens is 188 g/mol. The SMILES string of the molecule is Cc1ccc(OCC(C)C)c([C@H](C)O)c1. The van der Waals surface area contributed by atoms with Crippen LogP contribution in [0, 0.1) is 12.8 Å². The van der Waals surface area contributed by atoms with Crippen LogP contribution < -0.4 is 4.74 Å². The van der Waals surface area contributed by atoms with Crippen LogP contribution in [0.15, 0.2) is 18.2 Å². The molecule has 0 aliphatic rings. The van der Waals surface area contributed by atoms with Crippen LogP contribution in [0.25, 0.3) is 0 Å². The van der Waals surface area contributed by atoms with E-state index in [1.165, 1.54) is 0 Å². The first-order valence-electron chi connectivity index (χ1n) is 5.42. The van der Waals surface area contributed by atoms with Crippen LogP contribution in [0.5, 0.6) is 5.75 Å². The van der Waals surface area contributed by atoms with Crippen molar-refractivity contribution in [3.05, 3.63) is 29.3 Å². The smallest absolute Gasteiger partial charge is 0.125 e. The van der Waals surface area contributed by atoms with E-state index in [0.29, 0.717) is 12.5 Å². The minimum Gasteiger partial charge on any atom is -0.493 e. The highest BCUT2D eigenvalue weighted by atomic mass is 16.5. The lowest BCUT2D eigenvalue weighted by atomic mass is 10.1. The third-order valence-corrected chi connectivity index (χ3v) is 2.19. The molecule has 15 heavy (non-hydrogen) atoms. The number of aryl methyl sites for hydroxylation is 1. The first kappa shape index (κ1) is 12.1. The summed E-state index contributed by atoms with van der Waals surface area (Å²) >= 11 is 0. The standard InChI is InChI=1S/C13H20O2/c1-9(2)8-15-13-6-5-10(3)7-12(13)11(4)14/h5-7,9,11,14H,8H2,1-4H3/t11-/m0/s1. The van der Waals surface area contributed by atoms with Crippen LogP contribution in [0.1, 0.15) is 38.0 Å². The molecule has 0 radical (unpaired) electrons. The van der Waals surface area contributed by atoms with Crippen LogP contribution in [0.3, 0.4) is 0 Å². The van der Waals surface area contributed by atoms with Gasteiger partial charge in [-0.15, -0.1) is 0 Å². The van der Waals surface area contributed by atoms with Gasteiger partial charge < -0.3 is 9.84 Å². The maximum Gasteiger partial charge on any atom is 0.125 e. The topological polar surface area (TPSA) is 29.5 Å². The van der Waals surface area contributed by atoms with Gasteiger partial charge in [0.15, 0.2) is 0 Å². The van der Waals surface area contributed by atoms with Gasteiger partial charge in [0, 0.05) is 5.56 Å². The Kier molecular flexibility index (Phi) is 4.15. The van der Waals surface area contributed by atoms with Gasteiger partial charge in [-0.2, -0.15) is 0 Å². The fourth-order valence-corrected chi connectivity index (χ4v) is 1.38. The predicted molar refractivity (Wildman–Crippen MR) is 62.1 cm³/mol. The lowest BCUT2D eigenvalue weighted by molar-refractivity contribution is 0.188. The first-order chi connectivity index (χ1) is 7.00. The van der Waals surface area contributed by atoms with Crippen molar-refractivity contribution in [3.63, 3.8) is 0 Å². The van der Waals surface area contributed by atoms with Gasteiger partial charge >= 0.3 is 0 Å². The van der Waals surface area contributed by atoms with E-state index in [4.69, 9.17) is 4.74 Å². The molecule has 0 amide bonds. The normalized spacial score (nSPS) is 12.9. The van der Waals surface area contributed by atoms with E-state index >= 15 is 0 Å². The Bertz CT molecular complexity index is 316. The molecular formula is C13H20O2. The summed E-state index contributed by atoms with van der Waals surface area (Å²) in [7, 11) is 0. The fourth-order valence-electron chi connectivity index (χ4n) is 1.38. The lowest BCUT2D eigenvalue weighted by Crippen LogP contribution is -2.07. The van der Waals surface area contributed by atoms with Crippen molar-refractivity contribution >= 4 is 0 Å². The van der Waals surface area contributed by atoms with Gasteiger partial charge in [0.2, 0.25) is 0 Å². The molecule has 2 heteroatoms. The Labute approximate surface area is 91.9 Å². The lowest BCUT2D eigenvalue weighted by Gasteiger charge is -2.15. The third-order valence-electron chi connectivity index (χ3n) is 2.19. The monoisotopic (exact) mass is 208 g/mol. The molecule has 2 nitrogen and oxygen atoms in total. The number of ether oxygens (including phenoxy) is 1. The molecule has 0 aromatic heterocycles. The largest absolute Gasteiger partial charge is 0.493 e. The van der Waals surface area contributed by atoms with Gasteiger partial charge in [-0.1, -0.05) is 25.5 Å². The summed E-state index contributed by atoms with van der Waals surface area (Å²) in [4.78, 5) is 0. The molecule has 0 heterocycles. The highest BCUT2D eigenvalue weighted by Gasteiger charge is 2.09. The minimum atomic E-state index is -0.480. The van der Waals surface area contributed by atoms with Gasteiger partial charge in [0.1, 0.15) is 5.75 Å². The second kappa shape index (κ2) is 5.17. The highest BCUT2D eigenvalue weighted by Crippen LogP contribution is 2.26. The Morgan fingerprint density at radius 3 is 2.47 bits per heavy atom. The molecule has 0 unspecified atom stereocenters. The first-order valence-corrected chi connectivity index (χ1v) is 5.42. The molecule has 0 saturated carbocycles. The zero-order valence-corrected chi connectivity index (χ0v) is 9.95. The van der Waals surface area contributed by atoms with E-state index in [1.807, 2.05) is 25.1 Å². The molecule has 0 saturated heterocycles. The molecule has 1 aromatic rings. The summed E-state index contributed by atoms with van der Waals surface area (Å²) in [5.41, 5.74) is 2.01. The van der Waals surface area contributed by atoms with Gasteiger partial charge in [0.25, 0.3) is 0 Å². The van der Waals surface area contributed by atoms with Gasteiger partial charge in [-0.3, -0.25) is 0 Å². The van der Waals surface area contributed by atoms with Crippen LogP contribution in [0.2, 0.25) is 0 Å². The van der Waals surface area contributed by atoms with Crippen molar-refractivity contribution in [1.29, 1.82) is 0 Å². The van der Waals surface area contributed by atoms with Crippen molar-refractivity contribution < 1.29 is 9.84 Å². The summed E-state index contributed by atoms with van der Waals surface area (Å²) < 4.78 is 5.65. The number of hydrogen-bond donors (Lipinski definition) is 1. The van der Waals surface area contributed by atoms with E-state index in [1.54, 1.807) is 6.92 Å². The Balaban J connectivity index is 2.86. The number of aliphatic hydroxyl groups excluding tert-OH is 1. The molecule has 0 fully saturated rings. The predicted octanol–water partition coefficient (Wildman–Crippen LogP) is 3.08.